The first-order valence-electron chi connectivity index (χ1n) is 18.3. The van der Waals surface area contributed by atoms with E-state index in [0.717, 1.165) is 76.8 Å². The third-order valence-electron chi connectivity index (χ3n) is 10.9. The molecule has 55 heavy (non-hydrogen) atoms. The minimum atomic E-state index is 0.533. The van der Waals surface area contributed by atoms with Gasteiger partial charge < -0.3 is 8.98 Å². The highest BCUT2D eigenvalue weighted by molar-refractivity contribution is 6.13. The molecule has 0 saturated carbocycles. The largest absolute Gasteiger partial charge is 0.454 e. The topological polar surface area (TPSA) is 74.6 Å². The van der Waals surface area contributed by atoms with E-state index in [1.54, 1.807) is 12.4 Å². The smallest absolute Gasteiger partial charge is 0.238 e. The van der Waals surface area contributed by atoms with Crippen molar-refractivity contribution in [3.8, 4) is 34.4 Å². The van der Waals surface area contributed by atoms with Crippen molar-refractivity contribution in [3.63, 3.8) is 0 Å². The molecule has 256 valence electrons. The van der Waals surface area contributed by atoms with E-state index in [1.807, 2.05) is 18.2 Å². The molecule has 0 spiro atoms. The number of pyridine rings is 1. The average Bonchev–Trinajstić information content (AvgIpc) is 3.91. The molecule has 0 bridgehead atoms. The number of para-hydroxylation sites is 3. The Morgan fingerprint density at radius 1 is 0.436 bits per heavy atom. The van der Waals surface area contributed by atoms with E-state index >= 15 is 0 Å². The zero-order chi connectivity index (χ0) is 36.0. The molecule has 0 saturated heterocycles. The zero-order valence-corrected chi connectivity index (χ0v) is 29.3. The maximum absolute atomic E-state index is 6.26. The van der Waals surface area contributed by atoms with E-state index in [4.69, 9.17) is 19.4 Å². The molecule has 0 radical (unpaired) electrons. The lowest BCUT2D eigenvalue weighted by molar-refractivity contribution is 0.667. The van der Waals surface area contributed by atoms with Gasteiger partial charge in [0.2, 0.25) is 5.95 Å². The zero-order valence-electron chi connectivity index (χ0n) is 29.3. The highest BCUT2D eigenvalue weighted by Gasteiger charge is 2.22. The second kappa shape index (κ2) is 11.4. The molecule has 12 aromatic rings. The Morgan fingerprint density at radius 3 is 1.89 bits per heavy atom. The van der Waals surface area contributed by atoms with Crippen LogP contribution in [0.4, 0.5) is 0 Å². The summed E-state index contributed by atoms with van der Waals surface area (Å²) in [6, 6.07) is 55.2. The molecule has 5 heterocycles. The molecule has 7 aromatic carbocycles. The van der Waals surface area contributed by atoms with Crippen LogP contribution in [0.5, 0.6) is 0 Å². The highest BCUT2D eigenvalue weighted by Crippen LogP contribution is 2.39. The second-order valence-electron chi connectivity index (χ2n) is 13.9. The Kier molecular flexibility index (Phi) is 6.21. The van der Waals surface area contributed by atoms with E-state index in [-0.39, 0.29) is 0 Å². The van der Waals surface area contributed by atoms with Gasteiger partial charge in [0.15, 0.2) is 17.2 Å². The van der Waals surface area contributed by atoms with Gasteiger partial charge in [-0.3, -0.25) is 9.55 Å². The minimum absolute atomic E-state index is 0.533. The number of benzene rings is 7. The van der Waals surface area contributed by atoms with Crippen LogP contribution in [0.2, 0.25) is 0 Å². The van der Waals surface area contributed by atoms with Gasteiger partial charge in [0, 0.05) is 55.3 Å². The van der Waals surface area contributed by atoms with E-state index in [0.29, 0.717) is 23.2 Å². The molecular formula is C48H28N6O. The summed E-state index contributed by atoms with van der Waals surface area (Å²) in [5, 5.41) is 8.85. The van der Waals surface area contributed by atoms with Crippen LogP contribution in [-0.2, 0) is 0 Å². The van der Waals surface area contributed by atoms with Crippen molar-refractivity contribution in [2.24, 2.45) is 0 Å². The molecule has 0 N–H and O–H groups in total. The van der Waals surface area contributed by atoms with Crippen molar-refractivity contribution in [2.75, 3.05) is 0 Å². The van der Waals surface area contributed by atoms with Gasteiger partial charge in [-0.05, 0) is 59.3 Å². The maximum Gasteiger partial charge on any atom is 0.238 e. The number of nitrogens with zero attached hydrogens (tertiary/aromatic N) is 6. The van der Waals surface area contributed by atoms with Crippen molar-refractivity contribution in [1.29, 1.82) is 0 Å². The molecule has 0 aliphatic carbocycles. The van der Waals surface area contributed by atoms with Gasteiger partial charge in [-0.2, -0.15) is 9.97 Å². The summed E-state index contributed by atoms with van der Waals surface area (Å²) in [5.74, 6) is 1.68. The Labute approximate surface area is 313 Å². The summed E-state index contributed by atoms with van der Waals surface area (Å²) in [6.07, 6.45) is 3.55. The first kappa shape index (κ1) is 29.9. The van der Waals surface area contributed by atoms with E-state index in [9.17, 15) is 0 Å². The molecular weight excluding hydrogens is 677 g/mol. The van der Waals surface area contributed by atoms with Crippen LogP contribution in [-0.4, -0.2) is 29.1 Å². The minimum Gasteiger partial charge on any atom is -0.454 e. The molecule has 7 heteroatoms. The molecule has 0 aliphatic heterocycles. The van der Waals surface area contributed by atoms with E-state index < -0.39 is 0 Å². The first-order valence-corrected chi connectivity index (χ1v) is 18.3. The predicted molar refractivity (Wildman–Crippen MR) is 222 cm³/mol. The first-order chi connectivity index (χ1) is 27.3. The molecule has 0 amide bonds. The Bertz CT molecular complexity index is 3460. The highest BCUT2D eigenvalue weighted by atomic mass is 16.3. The third kappa shape index (κ3) is 4.44. The van der Waals surface area contributed by atoms with Gasteiger partial charge in [0.05, 0.1) is 28.3 Å². The van der Waals surface area contributed by atoms with Gasteiger partial charge in [-0.1, -0.05) is 109 Å². The fourth-order valence-electron chi connectivity index (χ4n) is 8.42. The van der Waals surface area contributed by atoms with E-state index in [2.05, 4.69) is 154 Å². The second-order valence-corrected chi connectivity index (χ2v) is 13.9. The van der Waals surface area contributed by atoms with Crippen LogP contribution in [0, 0.1) is 0 Å². The number of aromatic nitrogens is 6. The Hall–Kier alpha value is -7.64. The lowest BCUT2D eigenvalue weighted by Gasteiger charge is -2.13. The lowest BCUT2D eigenvalue weighted by atomic mass is 10.1. The van der Waals surface area contributed by atoms with Gasteiger partial charge in [0.25, 0.3) is 0 Å². The van der Waals surface area contributed by atoms with Crippen molar-refractivity contribution < 1.29 is 4.42 Å². The number of fused-ring (bicyclic) bond motifs is 10. The quantitative estimate of drug-likeness (QED) is 0.182. The average molecular weight is 705 g/mol. The number of hydrogen-bond donors (Lipinski definition) is 0. The summed E-state index contributed by atoms with van der Waals surface area (Å²) in [6.45, 7) is 0. The Balaban J connectivity index is 1.17. The molecule has 12 rings (SSSR count). The van der Waals surface area contributed by atoms with Crippen molar-refractivity contribution >= 4 is 76.3 Å². The van der Waals surface area contributed by atoms with E-state index in [1.165, 1.54) is 10.8 Å². The lowest BCUT2D eigenvalue weighted by Crippen LogP contribution is -2.07. The van der Waals surface area contributed by atoms with Gasteiger partial charge in [-0.25, -0.2) is 4.98 Å². The third-order valence-corrected chi connectivity index (χ3v) is 10.9. The number of furan rings is 1. The monoisotopic (exact) mass is 704 g/mol. The maximum atomic E-state index is 6.26. The van der Waals surface area contributed by atoms with Crippen LogP contribution in [0.25, 0.3) is 111 Å². The number of hydrogen-bond acceptors (Lipinski definition) is 5. The standard InChI is InChI=1S/C48H28N6O/c1-2-11-30-26-31(21-20-29(30)10-1)46-50-47(38-15-9-19-43-45(38)37-24-25-49-28-44(37)55-43)52-48(51-46)54-41-18-8-5-14-35(41)36-23-22-32(27-42(36)54)53-39-16-6-3-12-33(39)34-13-4-7-17-40(34)53/h1-28H. The molecule has 7 nitrogen and oxygen atoms in total. The Morgan fingerprint density at radius 2 is 1.11 bits per heavy atom. The molecule has 0 fully saturated rings. The van der Waals surface area contributed by atoms with Crippen LogP contribution in [0.3, 0.4) is 0 Å². The normalized spacial score (nSPS) is 12.0. The summed E-state index contributed by atoms with van der Waals surface area (Å²) in [5.41, 5.74) is 8.61. The SMILES string of the molecule is c1ccc2cc(-c3nc(-c4cccc5oc6cnccc6c45)nc(-n4c5ccccc5c5ccc(-n6c7ccccc7c7ccccc76)cc54)n3)ccc2c1. The van der Waals surface area contributed by atoms with Crippen LogP contribution < -0.4 is 0 Å². The molecule has 0 unspecified atom stereocenters. The van der Waals surface area contributed by atoms with Crippen molar-refractivity contribution in [1.82, 2.24) is 29.1 Å². The van der Waals surface area contributed by atoms with Gasteiger partial charge >= 0.3 is 0 Å². The van der Waals surface area contributed by atoms with Crippen LogP contribution in [0.1, 0.15) is 0 Å². The van der Waals surface area contributed by atoms with Crippen molar-refractivity contribution in [2.45, 2.75) is 0 Å². The van der Waals surface area contributed by atoms with Crippen molar-refractivity contribution in [3.05, 3.63) is 170 Å². The summed E-state index contributed by atoms with van der Waals surface area (Å²) < 4.78 is 10.8. The fourth-order valence-corrected chi connectivity index (χ4v) is 8.42. The fraction of sp³-hybridized carbons (Fsp3) is 0. The predicted octanol–water partition coefficient (Wildman–Crippen LogP) is 11.8. The van der Waals surface area contributed by atoms with Crippen LogP contribution >= 0.6 is 0 Å². The summed E-state index contributed by atoms with van der Waals surface area (Å²) in [4.78, 5) is 20.2. The number of rotatable bonds is 4. The molecule has 5 aromatic heterocycles. The molecule has 0 atom stereocenters. The summed E-state index contributed by atoms with van der Waals surface area (Å²) in [7, 11) is 0. The molecule has 0 aliphatic rings. The summed E-state index contributed by atoms with van der Waals surface area (Å²) >= 11 is 0. The van der Waals surface area contributed by atoms with Crippen LogP contribution in [0.15, 0.2) is 175 Å². The van der Waals surface area contributed by atoms with Gasteiger partial charge in [0.1, 0.15) is 5.58 Å². The van der Waals surface area contributed by atoms with Gasteiger partial charge in [-0.15, -0.1) is 0 Å².